The zero-order valence-corrected chi connectivity index (χ0v) is 13.4. The topological polar surface area (TPSA) is 52.2 Å². The van der Waals surface area contributed by atoms with Crippen molar-refractivity contribution in [1.82, 2.24) is 19.8 Å². The highest BCUT2D eigenvalue weighted by molar-refractivity contribution is 5.94. The first-order valence-electron chi connectivity index (χ1n) is 7.89. The number of benzene rings is 1. The zero-order valence-electron chi connectivity index (χ0n) is 13.4. The molecule has 1 N–H and O–H groups in total. The molecular weight excluding hydrogens is 295 g/mol. The highest BCUT2D eigenvalue weighted by Gasteiger charge is 2.32. The molecule has 0 spiro atoms. The van der Waals surface area contributed by atoms with E-state index in [0.717, 1.165) is 18.9 Å². The number of piperazine rings is 1. The normalized spacial score (nSPS) is 19.1. The monoisotopic (exact) mass is 316 g/mol. The van der Waals surface area contributed by atoms with E-state index >= 15 is 0 Å². The van der Waals surface area contributed by atoms with Gasteiger partial charge in [0, 0.05) is 32.0 Å². The van der Waals surface area contributed by atoms with Gasteiger partial charge >= 0.3 is 0 Å². The van der Waals surface area contributed by atoms with Crippen molar-refractivity contribution >= 4 is 5.91 Å². The van der Waals surface area contributed by atoms with Crippen LogP contribution in [0.2, 0.25) is 0 Å². The van der Waals surface area contributed by atoms with Crippen LogP contribution in [0.1, 0.15) is 34.7 Å². The molecule has 0 saturated carbocycles. The summed E-state index contributed by atoms with van der Waals surface area (Å²) >= 11 is 0. The average Bonchev–Trinajstić information content (AvgIpc) is 3.10. The Labute approximate surface area is 135 Å². The van der Waals surface area contributed by atoms with Crippen LogP contribution in [0.5, 0.6) is 0 Å². The summed E-state index contributed by atoms with van der Waals surface area (Å²) in [5.41, 5.74) is 0.638. The minimum absolute atomic E-state index is 0.0144. The van der Waals surface area contributed by atoms with Crippen LogP contribution in [0.15, 0.2) is 30.6 Å². The fourth-order valence-corrected chi connectivity index (χ4v) is 3.09. The number of hydrogen-bond donors (Lipinski definition) is 1. The number of hydrogen-bond acceptors (Lipinski definition) is 3. The molecule has 23 heavy (non-hydrogen) atoms. The maximum Gasteiger partial charge on any atom is 0.256 e. The van der Waals surface area contributed by atoms with Crippen molar-refractivity contribution in [3.05, 3.63) is 53.4 Å². The van der Waals surface area contributed by atoms with Gasteiger partial charge in [0.15, 0.2) is 0 Å². The van der Waals surface area contributed by atoms with Gasteiger partial charge in [0.25, 0.3) is 5.91 Å². The third kappa shape index (κ3) is 2.99. The molecule has 1 fully saturated rings. The SMILES string of the molecule is CCN1CCN(C(=O)c2cccc(C)c2F)C[C@H]1c1ncc[nH]1. The van der Waals surface area contributed by atoms with Gasteiger partial charge in [0.2, 0.25) is 0 Å². The maximum atomic E-state index is 14.2. The van der Waals surface area contributed by atoms with Crippen LogP contribution in [-0.2, 0) is 0 Å². The number of likely N-dealkylation sites (N-methyl/N-ethyl adjacent to an activating group) is 1. The van der Waals surface area contributed by atoms with E-state index in [1.807, 2.05) is 0 Å². The number of nitrogens with zero attached hydrogens (tertiary/aromatic N) is 3. The van der Waals surface area contributed by atoms with E-state index in [1.54, 1.807) is 42.4 Å². The number of nitrogens with one attached hydrogen (secondary N) is 1. The second kappa shape index (κ2) is 6.50. The van der Waals surface area contributed by atoms with E-state index in [2.05, 4.69) is 21.8 Å². The molecule has 1 aromatic heterocycles. The van der Waals surface area contributed by atoms with Gasteiger partial charge in [-0.15, -0.1) is 0 Å². The average molecular weight is 316 g/mol. The maximum absolute atomic E-state index is 14.2. The Morgan fingerprint density at radius 3 is 2.96 bits per heavy atom. The fourth-order valence-electron chi connectivity index (χ4n) is 3.09. The second-order valence-electron chi connectivity index (χ2n) is 5.81. The third-order valence-electron chi connectivity index (χ3n) is 4.44. The molecule has 1 amide bonds. The van der Waals surface area contributed by atoms with Crippen LogP contribution < -0.4 is 0 Å². The lowest BCUT2D eigenvalue weighted by Crippen LogP contribution is -2.50. The molecule has 0 unspecified atom stereocenters. The molecule has 1 aliphatic rings. The van der Waals surface area contributed by atoms with Crippen LogP contribution in [0.25, 0.3) is 0 Å². The van der Waals surface area contributed by atoms with Crippen molar-refractivity contribution < 1.29 is 9.18 Å². The van der Waals surface area contributed by atoms with Crippen molar-refractivity contribution in [2.45, 2.75) is 19.9 Å². The first kappa shape index (κ1) is 15.7. The number of rotatable bonds is 3. The molecule has 1 aromatic carbocycles. The van der Waals surface area contributed by atoms with E-state index in [4.69, 9.17) is 0 Å². The van der Waals surface area contributed by atoms with Crippen molar-refractivity contribution in [1.29, 1.82) is 0 Å². The number of amides is 1. The molecule has 0 radical (unpaired) electrons. The number of aromatic nitrogens is 2. The Kier molecular flexibility index (Phi) is 4.43. The predicted molar refractivity (Wildman–Crippen MR) is 85.6 cm³/mol. The first-order chi connectivity index (χ1) is 11.1. The molecule has 2 aromatic rings. The Morgan fingerprint density at radius 2 is 2.26 bits per heavy atom. The highest BCUT2D eigenvalue weighted by Crippen LogP contribution is 2.24. The summed E-state index contributed by atoms with van der Waals surface area (Å²) in [7, 11) is 0. The molecule has 122 valence electrons. The molecule has 2 heterocycles. The Balaban J connectivity index is 1.83. The molecule has 5 nitrogen and oxygen atoms in total. The summed E-state index contributed by atoms with van der Waals surface area (Å²) in [6, 6.07) is 4.96. The number of halogens is 1. The molecular formula is C17H21FN4O. The van der Waals surface area contributed by atoms with Crippen molar-refractivity contribution in [2.75, 3.05) is 26.2 Å². The fraction of sp³-hybridized carbons (Fsp3) is 0.412. The summed E-state index contributed by atoms with van der Waals surface area (Å²) in [6.07, 6.45) is 3.49. The van der Waals surface area contributed by atoms with Crippen molar-refractivity contribution in [3.8, 4) is 0 Å². The predicted octanol–water partition coefficient (Wildman–Crippen LogP) is 2.38. The van der Waals surface area contributed by atoms with Gasteiger partial charge in [-0.3, -0.25) is 9.69 Å². The summed E-state index contributed by atoms with van der Waals surface area (Å²) < 4.78 is 14.2. The lowest BCUT2D eigenvalue weighted by molar-refractivity contribution is 0.0475. The van der Waals surface area contributed by atoms with E-state index in [0.29, 0.717) is 18.7 Å². The van der Waals surface area contributed by atoms with Gasteiger partial charge in [-0.25, -0.2) is 9.37 Å². The van der Waals surface area contributed by atoms with E-state index in [9.17, 15) is 9.18 Å². The van der Waals surface area contributed by atoms with Gasteiger partial charge in [-0.1, -0.05) is 19.1 Å². The number of aromatic amines is 1. The van der Waals surface area contributed by atoms with Crippen molar-refractivity contribution in [2.24, 2.45) is 0 Å². The molecule has 1 atom stereocenters. The van der Waals surface area contributed by atoms with Gasteiger partial charge in [-0.2, -0.15) is 0 Å². The minimum Gasteiger partial charge on any atom is -0.347 e. The zero-order chi connectivity index (χ0) is 16.4. The second-order valence-corrected chi connectivity index (χ2v) is 5.81. The third-order valence-corrected chi connectivity index (χ3v) is 4.44. The number of H-pyrrole nitrogens is 1. The Morgan fingerprint density at radius 1 is 1.43 bits per heavy atom. The molecule has 1 saturated heterocycles. The summed E-state index contributed by atoms with van der Waals surface area (Å²) in [6.45, 7) is 6.50. The van der Waals surface area contributed by atoms with Crippen LogP contribution >= 0.6 is 0 Å². The smallest absolute Gasteiger partial charge is 0.256 e. The lowest BCUT2D eigenvalue weighted by atomic mass is 10.1. The van der Waals surface area contributed by atoms with Gasteiger partial charge in [0.05, 0.1) is 11.6 Å². The number of carbonyl (C=O) groups excluding carboxylic acids is 1. The van der Waals surface area contributed by atoms with Crippen LogP contribution in [0.4, 0.5) is 4.39 Å². The number of carbonyl (C=O) groups is 1. The Hall–Kier alpha value is -2.21. The number of imidazole rings is 1. The van der Waals surface area contributed by atoms with Crippen LogP contribution in [0, 0.1) is 12.7 Å². The quantitative estimate of drug-likeness (QED) is 0.946. The molecule has 0 aliphatic carbocycles. The number of aryl methyl sites for hydroxylation is 1. The summed E-state index contributed by atoms with van der Waals surface area (Å²) in [5, 5.41) is 0. The van der Waals surface area contributed by atoms with E-state index in [-0.39, 0.29) is 17.5 Å². The minimum atomic E-state index is -0.426. The summed E-state index contributed by atoms with van der Waals surface area (Å²) in [4.78, 5) is 24.2. The first-order valence-corrected chi connectivity index (χ1v) is 7.89. The van der Waals surface area contributed by atoms with Crippen molar-refractivity contribution in [3.63, 3.8) is 0 Å². The highest BCUT2D eigenvalue weighted by atomic mass is 19.1. The standard InChI is InChI=1S/C17H21FN4O/c1-3-21-9-10-22(11-14(21)16-19-7-8-20-16)17(23)13-6-4-5-12(2)15(13)18/h4-8,14H,3,9-11H2,1-2H3,(H,19,20)/t14-/m0/s1. The van der Waals surface area contributed by atoms with Crippen LogP contribution in [0.3, 0.4) is 0 Å². The van der Waals surface area contributed by atoms with Gasteiger partial charge in [0.1, 0.15) is 11.6 Å². The van der Waals surface area contributed by atoms with Crippen LogP contribution in [-0.4, -0.2) is 51.9 Å². The van der Waals surface area contributed by atoms with Gasteiger partial charge < -0.3 is 9.88 Å². The summed E-state index contributed by atoms with van der Waals surface area (Å²) in [5.74, 6) is 0.164. The lowest BCUT2D eigenvalue weighted by Gasteiger charge is -2.40. The molecule has 0 bridgehead atoms. The Bertz CT molecular complexity index is 686. The molecule has 1 aliphatic heterocycles. The van der Waals surface area contributed by atoms with Gasteiger partial charge in [-0.05, 0) is 25.1 Å². The van der Waals surface area contributed by atoms with E-state index in [1.165, 1.54) is 0 Å². The molecule has 3 rings (SSSR count). The molecule has 6 heteroatoms. The largest absolute Gasteiger partial charge is 0.347 e. The van der Waals surface area contributed by atoms with E-state index < -0.39 is 5.82 Å².